The second-order valence-electron chi connectivity index (χ2n) is 4.89. The minimum Gasteiger partial charge on any atom is -0.273 e. The molecule has 0 bridgehead atoms. The fourth-order valence-corrected chi connectivity index (χ4v) is 1.92. The molecule has 0 aromatic rings. The van der Waals surface area contributed by atoms with Gasteiger partial charge in [0.2, 0.25) is 0 Å². The van der Waals surface area contributed by atoms with Crippen LogP contribution in [0.5, 0.6) is 0 Å². The van der Waals surface area contributed by atoms with E-state index in [0.717, 1.165) is 19.3 Å². The first-order valence-corrected chi connectivity index (χ1v) is 5.94. The Bertz CT molecular complexity index is 275. The van der Waals surface area contributed by atoms with E-state index >= 15 is 0 Å². The first-order chi connectivity index (χ1) is 7.60. The van der Waals surface area contributed by atoms with Gasteiger partial charge in [-0.25, -0.2) is 5.48 Å². The van der Waals surface area contributed by atoms with Crippen LogP contribution in [0.4, 0.5) is 0 Å². The molecular formula is C12H20N2O2. The maximum absolute atomic E-state index is 11.9. The Balaban J connectivity index is 2.46. The summed E-state index contributed by atoms with van der Waals surface area (Å²) in [5.74, 6) is 0.0973. The van der Waals surface area contributed by atoms with Crippen LogP contribution >= 0.6 is 0 Å². The van der Waals surface area contributed by atoms with Gasteiger partial charge in [0.05, 0.1) is 12.7 Å². The Hall–Kier alpha value is -1.08. The monoisotopic (exact) mass is 224 g/mol. The second kappa shape index (κ2) is 5.86. The van der Waals surface area contributed by atoms with E-state index in [-0.39, 0.29) is 5.91 Å². The van der Waals surface area contributed by atoms with Gasteiger partial charge in [-0.05, 0) is 18.8 Å². The molecule has 90 valence electrons. The van der Waals surface area contributed by atoms with E-state index in [1.165, 1.54) is 0 Å². The molecule has 0 aromatic carbocycles. The van der Waals surface area contributed by atoms with Crippen molar-refractivity contribution in [2.75, 3.05) is 6.61 Å². The Kier molecular flexibility index (Phi) is 4.75. The molecule has 0 aliphatic heterocycles. The van der Waals surface area contributed by atoms with Crippen molar-refractivity contribution >= 4 is 5.91 Å². The van der Waals surface area contributed by atoms with E-state index in [9.17, 15) is 4.79 Å². The molecule has 0 aromatic heterocycles. The number of hydrogen-bond acceptors (Lipinski definition) is 3. The van der Waals surface area contributed by atoms with Gasteiger partial charge in [-0.2, -0.15) is 5.26 Å². The first-order valence-electron chi connectivity index (χ1n) is 5.94. The Morgan fingerprint density at radius 2 is 2.06 bits per heavy atom. The van der Waals surface area contributed by atoms with Crippen molar-refractivity contribution in [3.05, 3.63) is 0 Å². The lowest BCUT2D eigenvalue weighted by atomic mass is 9.75. The van der Waals surface area contributed by atoms with Crippen LogP contribution in [-0.4, -0.2) is 12.5 Å². The second-order valence-corrected chi connectivity index (χ2v) is 4.89. The molecule has 1 N–H and O–H groups in total. The Morgan fingerprint density at radius 3 is 2.56 bits per heavy atom. The molecule has 0 spiro atoms. The van der Waals surface area contributed by atoms with Gasteiger partial charge in [-0.3, -0.25) is 9.63 Å². The van der Waals surface area contributed by atoms with E-state index in [0.29, 0.717) is 25.4 Å². The highest BCUT2D eigenvalue weighted by molar-refractivity contribution is 5.84. The number of carbonyl (C=O) groups excluding carboxylic acids is 1. The normalized spacial score (nSPS) is 19.1. The largest absolute Gasteiger partial charge is 0.273 e. The van der Waals surface area contributed by atoms with Gasteiger partial charge in [-0.1, -0.05) is 33.1 Å². The van der Waals surface area contributed by atoms with Crippen molar-refractivity contribution in [2.24, 2.45) is 11.3 Å². The van der Waals surface area contributed by atoms with Gasteiger partial charge >= 0.3 is 0 Å². The number of hydrogen-bond donors (Lipinski definition) is 1. The number of hydroxylamine groups is 1. The van der Waals surface area contributed by atoms with Crippen LogP contribution in [0.15, 0.2) is 0 Å². The summed E-state index contributed by atoms with van der Waals surface area (Å²) >= 11 is 0. The number of nitrogens with zero attached hydrogens (tertiary/aromatic N) is 1. The van der Waals surface area contributed by atoms with Crippen molar-refractivity contribution in [3.8, 4) is 6.07 Å². The fourth-order valence-electron chi connectivity index (χ4n) is 1.92. The number of rotatable bonds is 4. The van der Waals surface area contributed by atoms with Crippen molar-refractivity contribution in [1.82, 2.24) is 5.48 Å². The maximum Gasteiger partial charge on any atom is 0.263 e. The SMILES string of the molecule is CC(C)CONC(=O)C1(C#N)CCCCC1. The standard InChI is InChI=1S/C12H20N2O2/c1-10(2)8-16-14-11(15)12(9-13)6-4-3-5-7-12/h10H,3-8H2,1-2H3,(H,14,15). The molecule has 0 radical (unpaired) electrons. The van der Waals surface area contributed by atoms with Gasteiger partial charge in [0, 0.05) is 0 Å². The molecule has 0 saturated heterocycles. The van der Waals surface area contributed by atoms with Crippen LogP contribution < -0.4 is 5.48 Å². The van der Waals surface area contributed by atoms with E-state index in [1.807, 2.05) is 13.8 Å². The van der Waals surface area contributed by atoms with E-state index in [4.69, 9.17) is 10.1 Å². The highest BCUT2D eigenvalue weighted by Crippen LogP contribution is 2.35. The van der Waals surface area contributed by atoms with Crippen LogP contribution in [0, 0.1) is 22.7 Å². The van der Waals surface area contributed by atoms with E-state index < -0.39 is 5.41 Å². The predicted octanol–water partition coefficient (Wildman–Crippen LogP) is 2.16. The third-order valence-corrected chi connectivity index (χ3v) is 2.94. The molecule has 1 fully saturated rings. The van der Waals surface area contributed by atoms with Crippen molar-refractivity contribution < 1.29 is 9.63 Å². The zero-order valence-electron chi connectivity index (χ0n) is 10.1. The highest BCUT2D eigenvalue weighted by atomic mass is 16.7. The minimum atomic E-state index is -0.852. The Labute approximate surface area is 96.9 Å². The summed E-state index contributed by atoms with van der Waals surface area (Å²) in [7, 11) is 0. The average Bonchev–Trinajstić information content (AvgIpc) is 2.29. The lowest BCUT2D eigenvalue weighted by Crippen LogP contribution is -2.41. The summed E-state index contributed by atoms with van der Waals surface area (Å²) in [6, 6.07) is 2.16. The lowest BCUT2D eigenvalue weighted by molar-refractivity contribution is -0.143. The zero-order valence-corrected chi connectivity index (χ0v) is 10.1. The van der Waals surface area contributed by atoms with Gasteiger partial charge in [0.15, 0.2) is 0 Å². The molecule has 16 heavy (non-hydrogen) atoms. The number of carbonyl (C=O) groups is 1. The van der Waals surface area contributed by atoms with Gasteiger partial charge < -0.3 is 0 Å². The van der Waals surface area contributed by atoms with E-state index in [2.05, 4.69) is 11.5 Å². The minimum absolute atomic E-state index is 0.268. The summed E-state index contributed by atoms with van der Waals surface area (Å²) in [5.41, 5.74) is 1.56. The van der Waals surface area contributed by atoms with E-state index in [1.54, 1.807) is 0 Å². The van der Waals surface area contributed by atoms with Crippen LogP contribution in [0.2, 0.25) is 0 Å². The molecule has 1 saturated carbocycles. The first kappa shape index (κ1) is 13.0. The van der Waals surface area contributed by atoms with Crippen LogP contribution in [0.1, 0.15) is 46.0 Å². The molecule has 0 atom stereocenters. The van der Waals surface area contributed by atoms with Crippen molar-refractivity contribution in [2.45, 2.75) is 46.0 Å². The molecule has 4 heteroatoms. The predicted molar refractivity (Wildman–Crippen MR) is 60.1 cm³/mol. The number of nitrogens with one attached hydrogen (secondary N) is 1. The average molecular weight is 224 g/mol. The van der Waals surface area contributed by atoms with Crippen molar-refractivity contribution in [3.63, 3.8) is 0 Å². The summed E-state index contributed by atoms with van der Waals surface area (Å²) < 4.78 is 0. The highest BCUT2D eigenvalue weighted by Gasteiger charge is 2.40. The van der Waals surface area contributed by atoms with Gasteiger partial charge in [0.25, 0.3) is 5.91 Å². The van der Waals surface area contributed by atoms with Crippen LogP contribution in [0.3, 0.4) is 0 Å². The quantitative estimate of drug-likeness (QED) is 0.744. The third-order valence-electron chi connectivity index (χ3n) is 2.94. The molecule has 0 unspecified atom stereocenters. The topological polar surface area (TPSA) is 62.1 Å². The summed E-state index contributed by atoms with van der Waals surface area (Å²) in [4.78, 5) is 17.0. The molecule has 1 rings (SSSR count). The molecule has 0 heterocycles. The molecule has 1 aliphatic rings. The number of amides is 1. The lowest BCUT2D eigenvalue weighted by Gasteiger charge is -2.28. The third kappa shape index (κ3) is 3.21. The molecular weight excluding hydrogens is 204 g/mol. The summed E-state index contributed by atoms with van der Waals surface area (Å²) in [5, 5.41) is 9.15. The Morgan fingerprint density at radius 1 is 1.44 bits per heavy atom. The fraction of sp³-hybridized carbons (Fsp3) is 0.833. The zero-order chi connectivity index (χ0) is 12.0. The van der Waals surface area contributed by atoms with Crippen LogP contribution in [-0.2, 0) is 9.63 Å². The van der Waals surface area contributed by atoms with Crippen molar-refractivity contribution in [1.29, 1.82) is 5.26 Å². The summed E-state index contributed by atoms with van der Waals surface area (Å²) in [6.07, 6.45) is 4.32. The molecule has 1 amide bonds. The molecule has 4 nitrogen and oxygen atoms in total. The van der Waals surface area contributed by atoms with Gasteiger partial charge in [-0.15, -0.1) is 0 Å². The smallest absolute Gasteiger partial charge is 0.263 e. The maximum atomic E-state index is 11.9. The summed E-state index contributed by atoms with van der Waals surface area (Å²) in [6.45, 7) is 4.49. The molecule has 1 aliphatic carbocycles. The number of nitriles is 1. The van der Waals surface area contributed by atoms with Crippen LogP contribution in [0.25, 0.3) is 0 Å². The van der Waals surface area contributed by atoms with Gasteiger partial charge in [0.1, 0.15) is 5.41 Å².